The summed E-state index contributed by atoms with van der Waals surface area (Å²) in [5.74, 6) is 0.889. The maximum Gasteiger partial charge on any atom is 0.191 e. The number of hydrogen-bond acceptors (Lipinski definition) is 6. The summed E-state index contributed by atoms with van der Waals surface area (Å²) in [4.78, 5) is 11.1. The van der Waals surface area contributed by atoms with Crippen molar-refractivity contribution in [1.82, 2.24) is 20.4 Å². The van der Waals surface area contributed by atoms with Crippen LogP contribution in [-0.2, 0) is 9.47 Å². The molecule has 0 saturated carbocycles. The van der Waals surface area contributed by atoms with E-state index in [4.69, 9.17) is 14.5 Å². The van der Waals surface area contributed by atoms with Gasteiger partial charge in [0, 0.05) is 57.9 Å². The minimum absolute atomic E-state index is 0.273. The van der Waals surface area contributed by atoms with Gasteiger partial charge in [-0.3, -0.25) is 9.89 Å². The van der Waals surface area contributed by atoms with Gasteiger partial charge >= 0.3 is 0 Å². The molecule has 1 aromatic rings. The molecule has 2 rings (SSSR count). The van der Waals surface area contributed by atoms with Gasteiger partial charge in [-0.1, -0.05) is 6.07 Å². The predicted molar refractivity (Wildman–Crippen MR) is 122 cm³/mol. The van der Waals surface area contributed by atoms with Crippen molar-refractivity contribution in [2.24, 2.45) is 4.99 Å². The summed E-state index contributed by atoms with van der Waals surface area (Å²) in [7, 11) is 3.90. The van der Waals surface area contributed by atoms with E-state index in [1.165, 1.54) is 4.88 Å². The van der Waals surface area contributed by atoms with Crippen LogP contribution < -0.4 is 10.6 Å². The number of nitrogens with zero attached hydrogens (tertiary/aromatic N) is 3. The van der Waals surface area contributed by atoms with Crippen molar-refractivity contribution in [3.8, 4) is 0 Å². The van der Waals surface area contributed by atoms with E-state index in [2.05, 4.69) is 58.8 Å². The second-order valence-corrected chi connectivity index (χ2v) is 8.48. The molecule has 7 nitrogen and oxygen atoms in total. The highest BCUT2D eigenvalue weighted by Gasteiger charge is 2.26. The highest BCUT2D eigenvalue weighted by molar-refractivity contribution is 7.10. The van der Waals surface area contributed by atoms with Gasteiger partial charge in [0.15, 0.2) is 5.96 Å². The Morgan fingerprint density at radius 1 is 1.45 bits per heavy atom. The zero-order chi connectivity index (χ0) is 20.9. The molecule has 1 fully saturated rings. The number of guanidine groups is 1. The highest BCUT2D eigenvalue weighted by atomic mass is 32.1. The highest BCUT2D eigenvalue weighted by Crippen LogP contribution is 2.27. The van der Waals surface area contributed by atoms with E-state index >= 15 is 0 Å². The number of methoxy groups -OCH3 is 1. The first-order valence-electron chi connectivity index (χ1n) is 10.7. The molecule has 1 saturated heterocycles. The SMILES string of the molecule is CCNC(=NCC(c1cccs1)N1CCOC(C)C1)NCCN(C)CCCOC. The fourth-order valence-corrected chi connectivity index (χ4v) is 4.32. The second kappa shape index (κ2) is 13.9. The lowest BCUT2D eigenvalue weighted by atomic mass is 10.1. The Hall–Kier alpha value is -1.19. The fraction of sp³-hybridized carbons (Fsp3) is 0.762. The molecule has 2 atom stereocenters. The molecule has 0 aliphatic carbocycles. The van der Waals surface area contributed by atoms with E-state index in [1.807, 2.05) is 11.3 Å². The van der Waals surface area contributed by atoms with Gasteiger partial charge in [-0.25, -0.2) is 0 Å². The third-order valence-electron chi connectivity index (χ3n) is 5.03. The maximum atomic E-state index is 5.74. The molecule has 29 heavy (non-hydrogen) atoms. The van der Waals surface area contributed by atoms with Crippen LogP contribution in [0.15, 0.2) is 22.5 Å². The third-order valence-corrected chi connectivity index (χ3v) is 6.00. The van der Waals surface area contributed by atoms with Gasteiger partial charge in [0.2, 0.25) is 0 Å². The summed E-state index contributed by atoms with van der Waals surface area (Å²) < 4.78 is 10.9. The Morgan fingerprint density at radius 2 is 2.31 bits per heavy atom. The van der Waals surface area contributed by atoms with Crippen LogP contribution in [0, 0.1) is 0 Å². The molecule has 1 aliphatic rings. The van der Waals surface area contributed by atoms with Crippen LogP contribution in [0.3, 0.4) is 0 Å². The molecule has 0 spiro atoms. The van der Waals surface area contributed by atoms with Crippen LogP contribution in [0.1, 0.15) is 31.2 Å². The van der Waals surface area contributed by atoms with E-state index in [9.17, 15) is 0 Å². The number of aliphatic imine (C=N–C) groups is 1. The van der Waals surface area contributed by atoms with Crippen molar-refractivity contribution in [3.05, 3.63) is 22.4 Å². The van der Waals surface area contributed by atoms with E-state index in [0.717, 1.165) is 71.4 Å². The Morgan fingerprint density at radius 3 is 3.00 bits per heavy atom. The van der Waals surface area contributed by atoms with Crippen LogP contribution in [0.5, 0.6) is 0 Å². The fourth-order valence-electron chi connectivity index (χ4n) is 3.47. The maximum absolute atomic E-state index is 5.74. The van der Waals surface area contributed by atoms with Crippen molar-refractivity contribution in [2.75, 3.05) is 73.2 Å². The zero-order valence-corrected chi connectivity index (χ0v) is 19.3. The van der Waals surface area contributed by atoms with Crippen LogP contribution in [0.2, 0.25) is 0 Å². The lowest BCUT2D eigenvalue weighted by molar-refractivity contribution is -0.0327. The van der Waals surface area contributed by atoms with Gasteiger partial charge in [-0.05, 0) is 38.8 Å². The third kappa shape index (κ3) is 9.00. The van der Waals surface area contributed by atoms with Gasteiger partial charge < -0.3 is 25.0 Å². The molecule has 2 unspecified atom stereocenters. The number of nitrogens with one attached hydrogen (secondary N) is 2. The second-order valence-electron chi connectivity index (χ2n) is 7.50. The number of likely N-dealkylation sites (N-methyl/N-ethyl adjacent to an activating group) is 1. The summed E-state index contributed by atoms with van der Waals surface area (Å²) in [5, 5.41) is 9.01. The standard InChI is InChI=1S/C21H39N5O2S/c1-5-22-21(23-9-11-25(3)10-7-13-27-4)24-16-19(20-8-6-15-29-20)26-12-14-28-18(2)17-26/h6,8,15,18-19H,5,7,9-14,16-17H2,1-4H3,(H2,22,23,24). The molecule has 0 aromatic carbocycles. The van der Waals surface area contributed by atoms with E-state index < -0.39 is 0 Å². The van der Waals surface area contributed by atoms with E-state index in [-0.39, 0.29) is 6.10 Å². The average Bonchev–Trinajstić information content (AvgIpc) is 3.23. The quantitative estimate of drug-likeness (QED) is 0.304. The lowest BCUT2D eigenvalue weighted by Gasteiger charge is -2.36. The summed E-state index contributed by atoms with van der Waals surface area (Å²) in [5.41, 5.74) is 0. The Bertz CT molecular complexity index is 569. The molecule has 0 amide bonds. The van der Waals surface area contributed by atoms with Crippen LogP contribution in [0.4, 0.5) is 0 Å². The molecule has 1 aliphatic heterocycles. The monoisotopic (exact) mass is 425 g/mol. The lowest BCUT2D eigenvalue weighted by Crippen LogP contribution is -2.45. The average molecular weight is 426 g/mol. The van der Waals surface area contributed by atoms with Crippen molar-refractivity contribution in [2.45, 2.75) is 32.4 Å². The zero-order valence-electron chi connectivity index (χ0n) is 18.5. The number of rotatable bonds is 12. The van der Waals surface area contributed by atoms with Crippen molar-refractivity contribution in [1.29, 1.82) is 0 Å². The van der Waals surface area contributed by atoms with Gasteiger partial charge in [0.05, 0.1) is 25.3 Å². The summed E-state index contributed by atoms with van der Waals surface area (Å²) in [6, 6.07) is 4.65. The minimum Gasteiger partial charge on any atom is -0.385 e. The number of thiophene rings is 1. The van der Waals surface area contributed by atoms with Gasteiger partial charge in [-0.2, -0.15) is 0 Å². The minimum atomic E-state index is 0.273. The predicted octanol–water partition coefficient (Wildman–Crippen LogP) is 2.03. The molecule has 166 valence electrons. The number of morpholine rings is 1. The molecule has 2 N–H and O–H groups in total. The van der Waals surface area contributed by atoms with Gasteiger partial charge in [-0.15, -0.1) is 11.3 Å². The van der Waals surface area contributed by atoms with Crippen LogP contribution >= 0.6 is 11.3 Å². The van der Waals surface area contributed by atoms with Crippen molar-refractivity contribution in [3.63, 3.8) is 0 Å². The molecular formula is C21H39N5O2S. The van der Waals surface area contributed by atoms with E-state index in [0.29, 0.717) is 6.04 Å². The van der Waals surface area contributed by atoms with Gasteiger partial charge in [0.1, 0.15) is 0 Å². The molecule has 1 aromatic heterocycles. The first kappa shape index (κ1) is 24.1. The van der Waals surface area contributed by atoms with E-state index in [1.54, 1.807) is 7.11 Å². The molecule has 2 heterocycles. The Labute approximate surface area is 180 Å². The largest absolute Gasteiger partial charge is 0.385 e. The summed E-state index contributed by atoms with van der Waals surface area (Å²) in [6.45, 7) is 12.2. The smallest absolute Gasteiger partial charge is 0.191 e. The van der Waals surface area contributed by atoms with Crippen molar-refractivity contribution >= 4 is 17.3 Å². The normalized spacial score (nSPS) is 19.5. The molecule has 0 radical (unpaired) electrons. The summed E-state index contributed by atoms with van der Waals surface area (Å²) in [6.07, 6.45) is 1.33. The first-order chi connectivity index (χ1) is 14.1. The Balaban J connectivity index is 1.90. The van der Waals surface area contributed by atoms with Gasteiger partial charge in [0.25, 0.3) is 0 Å². The first-order valence-corrected chi connectivity index (χ1v) is 11.6. The molecule has 8 heteroatoms. The van der Waals surface area contributed by atoms with Crippen LogP contribution in [-0.4, -0.2) is 95.0 Å². The summed E-state index contributed by atoms with van der Waals surface area (Å²) >= 11 is 1.81. The van der Waals surface area contributed by atoms with Crippen molar-refractivity contribution < 1.29 is 9.47 Å². The molecular weight excluding hydrogens is 386 g/mol. The topological polar surface area (TPSA) is 61.4 Å². The van der Waals surface area contributed by atoms with Crippen LogP contribution in [0.25, 0.3) is 0 Å². The number of hydrogen-bond donors (Lipinski definition) is 2. The molecule has 0 bridgehead atoms. The number of ether oxygens (including phenoxy) is 2. The Kier molecular flexibility index (Phi) is 11.6.